The molecule has 0 saturated carbocycles. The Morgan fingerprint density at radius 2 is 0.762 bits per heavy atom. The first-order chi connectivity index (χ1) is 31.2. The summed E-state index contributed by atoms with van der Waals surface area (Å²) in [4.78, 5) is 20.0. The van der Waals surface area contributed by atoms with Gasteiger partial charge < -0.3 is 13.3 Å². The Hall–Kier alpha value is -8.68. The van der Waals surface area contributed by atoms with Gasteiger partial charge >= 0.3 is 0 Å². The number of nitrogens with zero attached hydrogens (tertiary/aromatic N) is 4. The zero-order valence-electron chi connectivity index (χ0n) is 33.5. The lowest BCUT2D eigenvalue weighted by Crippen LogP contribution is -2.01. The van der Waals surface area contributed by atoms with E-state index in [1.54, 1.807) is 6.20 Å². The van der Waals surface area contributed by atoms with Crippen LogP contribution >= 0.6 is 0 Å². The molecule has 0 radical (unpaired) electrons. The van der Waals surface area contributed by atoms with E-state index < -0.39 is 0 Å². The second-order valence-electron chi connectivity index (χ2n) is 15.8. The van der Waals surface area contributed by atoms with Gasteiger partial charge in [0.15, 0.2) is 17.5 Å². The second kappa shape index (κ2) is 13.9. The third-order valence-electron chi connectivity index (χ3n) is 12.0. The first-order valence-electron chi connectivity index (χ1n) is 20.8. The third kappa shape index (κ3) is 5.82. The predicted octanol–water partition coefficient (Wildman–Crippen LogP) is 15.0. The Bertz CT molecular complexity index is 3790. The zero-order valence-corrected chi connectivity index (χ0v) is 33.5. The minimum Gasteiger partial charge on any atom is -0.456 e. The highest BCUT2D eigenvalue weighted by molar-refractivity contribution is 6.12. The van der Waals surface area contributed by atoms with Crippen LogP contribution in [-0.4, -0.2) is 19.9 Å². The Morgan fingerprint density at radius 1 is 0.286 bits per heavy atom. The summed E-state index contributed by atoms with van der Waals surface area (Å²) in [6.45, 7) is 0. The van der Waals surface area contributed by atoms with Crippen molar-refractivity contribution in [3.05, 3.63) is 194 Å². The van der Waals surface area contributed by atoms with Gasteiger partial charge in [-0.3, -0.25) is 4.98 Å². The normalized spacial score (nSPS) is 11.8. The molecular formula is C56H32N4O3. The lowest BCUT2D eigenvalue weighted by molar-refractivity contribution is 0.669. The van der Waals surface area contributed by atoms with Gasteiger partial charge in [-0.05, 0) is 76.9 Å². The van der Waals surface area contributed by atoms with Crippen LogP contribution in [0.2, 0.25) is 0 Å². The van der Waals surface area contributed by atoms with Crippen LogP contribution in [0.4, 0.5) is 0 Å². The standard InChI is InChI=1S/C56H32N4O3/c1-4-18-48-42(11-1)45-26-25-35(31-51(45)61-48)55-58-54(34-23-21-33(22-24-34)36-10-9-27-57-32-36)59-56(60-55)39-29-37(40-14-7-16-46-43-12-2-5-19-49(43)62-52(40)46)28-38(30-39)41-15-8-17-47-44-13-3-6-20-50(44)63-53(41)47/h1-32H. The SMILES string of the molecule is c1cncc(-c2ccc(-c3nc(-c4cc(-c5cccc6c5oc5ccccc56)cc(-c5cccc6c5oc5ccccc56)c4)nc(-c4ccc5c(c4)oc4ccccc45)n3)cc2)c1. The molecule has 0 amide bonds. The van der Waals surface area contributed by atoms with Crippen molar-refractivity contribution >= 4 is 65.8 Å². The molecule has 13 aromatic rings. The fourth-order valence-electron chi connectivity index (χ4n) is 8.99. The summed E-state index contributed by atoms with van der Waals surface area (Å²) in [5.41, 5.74) is 13.3. The Morgan fingerprint density at radius 3 is 1.37 bits per heavy atom. The van der Waals surface area contributed by atoms with Gasteiger partial charge in [0.1, 0.15) is 33.5 Å². The molecule has 5 aromatic heterocycles. The quantitative estimate of drug-likeness (QED) is 0.165. The van der Waals surface area contributed by atoms with E-state index in [1.807, 2.05) is 72.9 Å². The van der Waals surface area contributed by atoms with Crippen LogP contribution in [0.1, 0.15) is 0 Å². The van der Waals surface area contributed by atoms with Crippen LogP contribution in [0.25, 0.3) is 133 Å². The van der Waals surface area contributed by atoms with Crippen molar-refractivity contribution in [3.8, 4) is 67.5 Å². The topological polar surface area (TPSA) is 91.0 Å². The Labute approximate surface area is 359 Å². The largest absolute Gasteiger partial charge is 0.456 e. The molecule has 63 heavy (non-hydrogen) atoms. The molecule has 294 valence electrons. The number of furan rings is 3. The molecule has 0 N–H and O–H groups in total. The number of para-hydroxylation sites is 5. The van der Waals surface area contributed by atoms with Crippen molar-refractivity contribution in [2.24, 2.45) is 0 Å². The average Bonchev–Trinajstić information content (AvgIpc) is 4.05. The molecule has 8 aromatic carbocycles. The third-order valence-corrected chi connectivity index (χ3v) is 12.0. The summed E-state index contributed by atoms with van der Waals surface area (Å²) in [5, 5.41) is 6.34. The molecule has 0 atom stereocenters. The van der Waals surface area contributed by atoms with E-state index in [-0.39, 0.29) is 0 Å². The average molecular weight is 809 g/mol. The summed E-state index contributed by atoms with van der Waals surface area (Å²) in [7, 11) is 0. The Balaban J connectivity index is 1.05. The maximum absolute atomic E-state index is 6.62. The van der Waals surface area contributed by atoms with E-state index in [9.17, 15) is 0 Å². The Kier molecular flexibility index (Phi) is 7.77. The lowest BCUT2D eigenvalue weighted by Gasteiger charge is -2.13. The molecule has 0 spiro atoms. The van der Waals surface area contributed by atoms with Gasteiger partial charge in [-0.2, -0.15) is 0 Å². The number of hydrogen-bond donors (Lipinski definition) is 0. The maximum atomic E-state index is 6.62. The summed E-state index contributed by atoms with van der Waals surface area (Å²) in [6.07, 6.45) is 3.65. The molecule has 0 bridgehead atoms. The van der Waals surface area contributed by atoms with Gasteiger partial charge in [-0.25, -0.2) is 15.0 Å². The van der Waals surface area contributed by atoms with Crippen LogP contribution in [0, 0.1) is 0 Å². The fraction of sp³-hybridized carbons (Fsp3) is 0. The maximum Gasteiger partial charge on any atom is 0.164 e. The predicted molar refractivity (Wildman–Crippen MR) is 252 cm³/mol. The van der Waals surface area contributed by atoms with Gasteiger partial charge in [0.2, 0.25) is 0 Å². The van der Waals surface area contributed by atoms with Crippen LogP contribution < -0.4 is 0 Å². The highest BCUT2D eigenvalue weighted by Gasteiger charge is 2.20. The zero-order chi connectivity index (χ0) is 41.4. The number of benzene rings is 8. The van der Waals surface area contributed by atoms with Gasteiger partial charge in [-0.1, -0.05) is 127 Å². The van der Waals surface area contributed by atoms with Crippen LogP contribution in [0.3, 0.4) is 0 Å². The first kappa shape index (κ1) is 35.1. The molecule has 0 saturated heterocycles. The van der Waals surface area contributed by atoms with E-state index in [4.69, 9.17) is 28.2 Å². The number of rotatable bonds is 6. The van der Waals surface area contributed by atoms with Gasteiger partial charge in [0.05, 0.1) is 0 Å². The van der Waals surface area contributed by atoms with Crippen molar-refractivity contribution < 1.29 is 13.3 Å². The molecule has 0 aliphatic heterocycles. The van der Waals surface area contributed by atoms with E-state index in [2.05, 4.69) is 120 Å². The number of aromatic nitrogens is 4. The smallest absolute Gasteiger partial charge is 0.164 e. The summed E-state index contributed by atoms with van der Waals surface area (Å²) in [5.74, 6) is 1.59. The summed E-state index contributed by atoms with van der Waals surface area (Å²) < 4.78 is 19.6. The molecule has 13 rings (SSSR count). The molecule has 0 fully saturated rings. The molecular weight excluding hydrogens is 777 g/mol. The molecule has 7 nitrogen and oxygen atoms in total. The van der Waals surface area contributed by atoms with Crippen molar-refractivity contribution in [1.82, 2.24) is 19.9 Å². The van der Waals surface area contributed by atoms with Crippen molar-refractivity contribution in [2.75, 3.05) is 0 Å². The van der Waals surface area contributed by atoms with Crippen molar-refractivity contribution in [2.45, 2.75) is 0 Å². The van der Waals surface area contributed by atoms with Gasteiger partial charge in [0, 0.05) is 72.5 Å². The van der Waals surface area contributed by atoms with Crippen LogP contribution in [0.15, 0.2) is 208 Å². The highest BCUT2D eigenvalue weighted by atomic mass is 16.3. The van der Waals surface area contributed by atoms with Crippen LogP contribution in [-0.2, 0) is 0 Å². The molecule has 0 unspecified atom stereocenters. The lowest BCUT2D eigenvalue weighted by atomic mass is 9.94. The summed E-state index contributed by atoms with van der Waals surface area (Å²) in [6, 6.07) is 62.1. The number of fused-ring (bicyclic) bond motifs is 9. The molecule has 0 aliphatic carbocycles. The van der Waals surface area contributed by atoms with E-state index in [0.717, 1.165) is 116 Å². The number of hydrogen-bond acceptors (Lipinski definition) is 7. The minimum absolute atomic E-state index is 0.521. The van der Waals surface area contributed by atoms with Crippen molar-refractivity contribution in [1.29, 1.82) is 0 Å². The monoisotopic (exact) mass is 808 g/mol. The summed E-state index contributed by atoms with van der Waals surface area (Å²) >= 11 is 0. The minimum atomic E-state index is 0.521. The molecule has 5 heterocycles. The number of pyridine rings is 1. The van der Waals surface area contributed by atoms with Crippen molar-refractivity contribution in [3.63, 3.8) is 0 Å². The molecule has 7 heteroatoms. The van der Waals surface area contributed by atoms with E-state index in [0.29, 0.717) is 17.5 Å². The highest BCUT2D eigenvalue weighted by Crippen LogP contribution is 2.42. The van der Waals surface area contributed by atoms with E-state index in [1.165, 1.54) is 0 Å². The second-order valence-corrected chi connectivity index (χ2v) is 15.8. The van der Waals surface area contributed by atoms with Gasteiger partial charge in [-0.15, -0.1) is 0 Å². The van der Waals surface area contributed by atoms with Crippen LogP contribution in [0.5, 0.6) is 0 Å². The van der Waals surface area contributed by atoms with E-state index >= 15 is 0 Å². The molecule has 0 aliphatic rings. The van der Waals surface area contributed by atoms with Gasteiger partial charge in [0.25, 0.3) is 0 Å². The fourth-order valence-corrected chi connectivity index (χ4v) is 8.99. The first-order valence-corrected chi connectivity index (χ1v) is 20.8.